The number of para-hydroxylation sites is 1. The van der Waals surface area contributed by atoms with Crippen molar-refractivity contribution < 1.29 is 67.5 Å². The van der Waals surface area contributed by atoms with Crippen LogP contribution in [0.15, 0.2) is 79.0 Å². The van der Waals surface area contributed by atoms with Crippen LogP contribution in [0.4, 0.5) is 0 Å². The van der Waals surface area contributed by atoms with Gasteiger partial charge in [-0.25, -0.2) is 14.2 Å². The van der Waals surface area contributed by atoms with E-state index in [0.29, 0.717) is 18.4 Å². The first kappa shape index (κ1) is 37.8. The molecule has 5 N–H and O–H groups in total. The Labute approximate surface area is 288 Å². The molecule has 5 rings (SSSR count). The normalized spacial score (nSPS) is 29.5. The molecule has 2 aromatic carbocycles. The molecule has 2 aliphatic rings. The van der Waals surface area contributed by atoms with E-state index in [0.717, 1.165) is 5.39 Å². The Kier molecular flexibility index (Phi) is 12.6. The summed E-state index contributed by atoms with van der Waals surface area (Å²) in [5, 5.41) is 32.0. The number of rotatable bonds is 13. The number of nitrogens with zero attached hydrogens (tertiary/aromatic N) is 1. The van der Waals surface area contributed by atoms with Crippen molar-refractivity contribution >= 4 is 30.7 Å². The zero-order valence-electron chi connectivity index (χ0n) is 27.4. The molecule has 0 unspecified atom stereocenters. The van der Waals surface area contributed by atoms with Crippen LogP contribution in [-0.4, -0.2) is 103 Å². The predicted molar refractivity (Wildman–Crippen MR) is 175 cm³/mol. The lowest BCUT2D eigenvalue weighted by Crippen LogP contribution is -2.58. The average molecular weight is 720 g/mol. The van der Waals surface area contributed by atoms with Crippen LogP contribution in [0.3, 0.4) is 0 Å². The quantitative estimate of drug-likeness (QED) is 0.0977. The van der Waals surface area contributed by atoms with E-state index >= 15 is 0 Å². The van der Waals surface area contributed by atoms with E-state index in [1.165, 1.54) is 18.2 Å². The van der Waals surface area contributed by atoms with E-state index in [2.05, 4.69) is 0 Å². The summed E-state index contributed by atoms with van der Waals surface area (Å²) in [4.78, 5) is 45.4. The van der Waals surface area contributed by atoms with Crippen molar-refractivity contribution in [3.05, 3.63) is 84.6 Å². The summed E-state index contributed by atoms with van der Waals surface area (Å²) in [6.07, 6.45) is -5.92. The van der Waals surface area contributed by atoms with Gasteiger partial charge in [0.25, 0.3) is 0 Å². The van der Waals surface area contributed by atoms with Gasteiger partial charge in [-0.05, 0) is 56.3 Å². The van der Waals surface area contributed by atoms with Crippen LogP contribution in [0.5, 0.6) is 0 Å². The van der Waals surface area contributed by atoms with E-state index in [9.17, 15) is 39.3 Å². The lowest BCUT2D eigenvalue weighted by molar-refractivity contribution is -0.273. The van der Waals surface area contributed by atoms with Crippen LogP contribution < -0.4 is 0 Å². The summed E-state index contributed by atoms with van der Waals surface area (Å²) in [7, 11) is -5.27. The lowest BCUT2D eigenvalue weighted by atomic mass is 9.97. The molecule has 50 heavy (non-hydrogen) atoms. The number of phosphoric acid groups is 1. The molecule has 0 aliphatic carbocycles. The largest absolute Gasteiger partial charge is 0.470 e. The van der Waals surface area contributed by atoms with Gasteiger partial charge in [-0.15, -0.1) is 0 Å². The number of benzene rings is 2. The molecule has 1 aromatic heterocycles. The minimum Gasteiger partial charge on any atom is -0.460 e. The Hall–Kier alpha value is -3.47. The molecule has 0 bridgehead atoms. The van der Waals surface area contributed by atoms with E-state index < -0.39 is 81.6 Å². The number of fused-ring (bicyclic) bond motifs is 1. The number of ether oxygens (including phenoxy) is 5. The van der Waals surface area contributed by atoms with E-state index in [1.54, 1.807) is 67.1 Å². The Morgan fingerprint density at radius 1 is 1.00 bits per heavy atom. The Bertz CT molecular complexity index is 1660. The molecule has 2 saturated heterocycles. The minimum atomic E-state index is -5.27. The van der Waals surface area contributed by atoms with Crippen LogP contribution in [0.25, 0.3) is 10.9 Å². The van der Waals surface area contributed by atoms with Gasteiger partial charge >= 0.3 is 19.8 Å². The standard InChI is InChI=1S/C34H42NO14P/c1-20(45-34-26(37)18-25(36)21(2)46-34)10-6-9-15-28(38)44-19-27-29(39)30(49-50(41,42)43)31(48-33(40)23-12-4-3-5-13-23)32(47-27)35-17-16-22-11-7-8-14-24(22)35/h3-5,7-9,11-17,20-21,25-27,29-32,34,36-37,39H,6,10,18-19H2,1-2H3,(H2,41,42,43)/b15-9+/t20-,21+,25-,26-,27-,29-,30+,31-,32-,34-/m1/s1. The third kappa shape index (κ3) is 9.65. The molecule has 0 spiro atoms. The van der Waals surface area contributed by atoms with Gasteiger partial charge in [-0.3, -0.25) is 4.52 Å². The van der Waals surface area contributed by atoms with E-state index in [1.807, 2.05) is 12.1 Å². The molecule has 0 radical (unpaired) electrons. The van der Waals surface area contributed by atoms with Crippen LogP contribution in [-0.2, 0) is 37.6 Å². The second kappa shape index (κ2) is 16.7. The molecular formula is C34H42NO14P. The molecule has 10 atom stereocenters. The number of phosphoric ester groups is 1. The topological polar surface area (TPSA) is 213 Å². The molecule has 0 amide bonds. The first-order valence-electron chi connectivity index (χ1n) is 16.2. The molecule has 2 aliphatic heterocycles. The molecule has 15 nitrogen and oxygen atoms in total. The molecule has 272 valence electrons. The predicted octanol–water partition coefficient (Wildman–Crippen LogP) is 2.74. The minimum absolute atomic E-state index is 0.137. The van der Waals surface area contributed by atoms with Crippen LogP contribution >= 0.6 is 7.82 Å². The van der Waals surface area contributed by atoms with Gasteiger partial charge in [0.2, 0.25) is 0 Å². The number of aromatic nitrogens is 1. The summed E-state index contributed by atoms with van der Waals surface area (Å²) < 4.78 is 47.3. The Morgan fingerprint density at radius 2 is 1.72 bits per heavy atom. The fourth-order valence-corrected chi connectivity index (χ4v) is 6.41. The van der Waals surface area contributed by atoms with Gasteiger partial charge in [0, 0.05) is 18.7 Å². The SMILES string of the molecule is C[C@H](CC/C=C/C(=O)OC[C@H]1O[C@@H](n2ccc3ccccc32)[C@H](OC(=O)c2ccccc2)[C@@H](OP(=O)(O)O)[C@@H]1O)O[C@@H]1O[C@@H](C)[C@H](O)C[C@H]1O. The van der Waals surface area contributed by atoms with Crippen molar-refractivity contribution in [3.8, 4) is 0 Å². The third-order valence-electron chi connectivity index (χ3n) is 8.49. The molecule has 3 heterocycles. The maximum Gasteiger partial charge on any atom is 0.470 e. The van der Waals surface area contributed by atoms with Crippen molar-refractivity contribution in [1.82, 2.24) is 4.57 Å². The van der Waals surface area contributed by atoms with Crippen LogP contribution in [0, 0.1) is 0 Å². The van der Waals surface area contributed by atoms with Gasteiger partial charge in [0.05, 0.1) is 29.4 Å². The fraction of sp³-hybridized carbons (Fsp3) is 0.471. The van der Waals surface area contributed by atoms with E-state index in [4.69, 9.17) is 28.2 Å². The number of aliphatic hydroxyl groups excluding tert-OH is 3. The van der Waals surface area contributed by atoms with Crippen molar-refractivity contribution in [3.63, 3.8) is 0 Å². The van der Waals surface area contributed by atoms with Gasteiger partial charge in [0.15, 0.2) is 18.6 Å². The van der Waals surface area contributed by atoms with Crippen molar-refractivity contribution in [2.45, 2.75) is 94.5 Å². The number of esters is 2. The van der Waals surface area contributed by atoms with Crippen molar-refractivity contribution in [2.24, 2.45) is 0 Å². The highest BCUT2D eigenvalue weighted by atomic mass is 31.2. The second-order valence-electron chi connectivity index (χ2n) is 12.3. The first-order valence-corrected chi connectivity index (χ1v) is 17.7. The number of hydrogen-bond donors (Lipinski definition) is 5. The van der Waals surface area contributed by atoms with Gasteiger partial charge in [0.1, 0.15) is 31.0 Å². The summed E-state index contributed by atoms with van der Waals surface area (Å²) in [6, 6.07) is 16.8. The maximum atomic E-state index is 13.2. The number of allylic oxidation sites excluding steroid dienone is 1. The number of hydrogen-bond acceptors (Lipinski definition) is 12. The Morgan fingerprint density at radius 3 is 2.46 bits per heavy atom. The lowest BCUT2D eigenvalue weighted by Gasteiger charge is -2.44. The Balaban J connectivity index is 1.27. The number of carbonyl (C=O) groups is 2. The monoisotopic (exact) mass is 719 g/mol. The summed E-state index contributed by atoms with van der Waals surface area (Å²) in [5.74, 6) is -1.63. The number of aliphatic hydroxyl groups is 3. The molecule has 16 heteroatoms. The van der Waals surface area contributed by atoms with Crippen molar-refractivity contribution in [1.29, 1.82) is 0 Å². The highest BCUT2D eigenvalue weighted by molar-refractivity contribution is 7.46. The average Bonchev–Trinajstić information content (AvgIpc) is 3.51. The zero-order valence-corrected chi connectivity index (χ0v) is 28.3. The van der Waals surface area contributed by atoms with Gasteiger partial charge in [-0.1, -0.05) is 42.5 Å². The second-order valence-corrected chi connectivity index (χ2v) is 13.5. The molecule has 2 fully saturated rings. The number of carbonyl (C=O) groups excluding carboxylic acids is 2. The third-order valence-corrected chi connectivity index (χ3v) is 9.01. The van der Waals surface area contributed by atoms with Gasteiger partial charge in [-0.2, -0.15) is 0 Å². The van der Waals surface area contributed by atoms with Gasteiger partial charge < -0.3 is 53.4 Å². The highest BCUT2D eigenvalue weighted by Crippen LogP contribution is 2.44. The zero-order chi connectivity index (χ0) is 36.0. The van der Waals surface area contributed by atoms with Crippen LogP contribution in [0.2, 0.25) is 0 Å². The van der Waals surface area contributed by atoms with Crippen molar-refractivity contribution in [2.75, 3.05) is 6.61 Å². The summed E-state index contributed by atoms with van der Waals surface area (Å²) in [5.41, 5.74) is 0.768. The molecule has 3 aromatic rings. The smallest absolute Gasteiger partial charge is 0.460 e. The highest BCUT2D eigenvalue weighted by Gasteiger charge is 2.52. The summed E-state index contributed by atoms with van der Waals surface area (Å²) >= 11 is 0. The molecular weight excluding hydrogens is 677 g/mol. The summed E-state index contributed by atoms with van der Waals surface area (Å²) in [6.45, 7) is 2.93. The van der Waals surface area contributed by atoms with E-state index in [-0.39, 0.29) is 18.1 Å². The van der Waals surface area contributed by atoms with Crippen LogP contribution in [0.1, 0.15) is 49.7 Å². The first-order chi connectivity index (χ1) is 23.8. The fourth-order valence-electron chi connectivity index (χ4n) is 5.85. The molecule has 0 saturated carbocycles. The maximum absolute atomic E-state index is 13.2.